The van der Waals surface area contributed by atoms with Gasteiger partial charge in [-0.3, -0.25) is 9.59 Å². The van der Waals surface area contributed by atoms with Gasteiger partial charge in [0.05, 0.1) is 15.7 Å². The largest absolute Gasteiger partial charge is 0.330 e. The van der Waals surface area contributed by atoms with Crippen molar-refractivity contribution in [3.05, 3.63) is 40.9 Å². The average molecular weight is 301 g/mol. The van der Waals surface area contributed by atoms with Crippen LogP contribution in [-0.4, -0.2) is 29.8 Å². The van der Waals surface area contributed by atoms with E-state index < -0.39 is 0 Å². The summed E-state index contributed by atoms with van der Waals surface area (Å²) in [5.41, 5.74) is 0.418. The second kappa shape index (κ2) is 7.16. The van der Waals surface area contributed by atoms with Crippen LogP contribution in [0.5, 0.6) is 0 Å². The van der Waals surface area contributed by atoms with Gasteiger partial charge in [0.1, 0.15) is 6.54 Å². The highest BCUT2D eigenvalue weighted by Crippen LogP contribution is 2.29. The first-order chi connectivity index (χ1) is 8.95. The number of anilines is 1. The van der Waals surface area contributed by atoms with Crippen molar-refractivity contribution in [2.75, 3.05) is 18.4 Å². The monoisotopic (exact) mass is 300 g/mol. The molecule has 0 unspecified atom stereocenters. The fraction of sp³-hybridized carbons (Fsp3) is 0.231. The van der Waals surface area contributed by atoms with Gasteiger partial charge in [0, 0.05) is 13.5 Å². The molecular weight excluding hydrogens is 287 g/mol. The Morgan fingerprint density at radius 3 is 2.68 bits per heavy atom. The summed E-state index contributed by atoms with van der Waals surface area (Å²) in [6.07, 6.45) is 1.56. The zero-order valence-electron chi connectivity index (χ0n) is 10.5. The van der Waals surface area contributed by atoms with E-state index in [4.69, 9.17) is 23.2 Å². The minimum Gasteiger partial charge on any atom is -0.330 e. The van der Waals surface area contributed by atoms with E-state index >= 15 is 0 Å². The quantitative estimate of drug-likeness (QED) is 0.850. The van der Waals surface area contributed by atoms with Gasteiger partial charge in [-0.1, -0.05) is 35.3 Å². The number of carbonyl (C=O) groups is 2. The van der Waals surface area contributed by atoms with E-state index in [0.717, 1.165) is 0 Å². The van der Waals surface area contributed by atoms with Crippen LogP contribution in [-0.2, 0) is 9.59 Å². The number of carbonyl (C=O) groups excluding carboxylic acids is 2. The summed E-state index contributed by atoms with van der Waals surface area (Å²) < 4.78 is 0. The predicted octanol–water partition coefficient (Wildman–Crippen LogP) is 2.97. The normalized spacial score (nSPS) is 9.84. The van der Waals surface area contributed by atoms with Crippen molar-refractivity contribution in [1.82, 2.24) is 4.90 Å². The summed E-state index contributed by atoms with van der Waals surface area (Å²) in [6.45, 7) is 5.17. The molecule has 0 heterocycles. The maximum Gasteiger partial charge on any atom is 0.244 e. The zero-order valence-corrected chi connectivity index (χ0v) is 12.0. The second-order valence-electron chi connectivity index (χ2n) is 3.84. The minimum absolute atomic E-state index is 0.0653. The molecule has 0 spiro atoms. The SMILES string of the molecule is C=CCN(CC(=O)Nc1cccc(Cl)c1Cl)C(C)=O. The summed E-state index contributed by atoms with van der Waals surface area (Å²) in [6, 6.07) is 4.94. The molecule has 0 aromatic heterocycles. The van der Waals surface area contributed by atoms with Gasteiger partial charge < -0.3 is 10.2 Å². The first-order valence-corrected chi connectivity index (χ1v) is 6.31. The lowest BCUT2D eigenvalue weighted by atomic mass is 10.3. The first-order valence-electron chi connectivity index (χ1n) is 5.56. The molecule has 0 aliphatic carbocycles. The van der Waals surface area contributed by atoms with Crippen LogP contribution >= 0.6 is 23.2 Å². The third kappa shape index (κ3) is 4.58. The summed E-state index contributed by atoms with van der Waals surface area (Å²) in [7, 11) is 0. The van der Waals surface area contributed by atoms with Crippen molar-refractivity contribution >= 4 is 40.7 Å². The Labute approximate surface area is 122 Å². The molecule has 0 aliphatic heterocycles. The Kier molecular flexibility index (Phi) is 5.86. The van der Waals surface area contributed by atoms with Crippen LogP contribution in [0.25, 0.3) is 0 Å². The summed E-state index contributed by atoms with van der Waals surface area (Å²) in [5.74, 6) is -0.548. The van der Waals surface area contributed by atoms with Gasteiger partial charge in [-0.25, -0.2) is 0 Å². The molecule has 0 fully saturated rings. The first kappa shape index (κ1) is 15.5. The van der Waals surface area contributed by atoms with E-state index in [-0.39, 0.29) is 23.4 Å². The predicted molar refractivity (Wildman–Crippen MR) is 77.5 cm³/mol. The van der Waals surface area contributed by atoms with Gasteiger partial charge in [0.2, 0.25) is 11.8 Å². The van der Waals surface area contributed by atoms with E-state index in [0.29, 0.717) is 17.3 Å². The highest BCUT2D eigenvalue weighted by atomic mass is 35.5. The van der Waals surface area contributed by atoms with E-state index in [1.165, 1.54) is 11.8 Å². The summed E-state index contributed by atoms with van der Waals surface area (Å²) in [4.78, 5) is 24.5. The zero-order chi connectivity index (χ0) is 14.4. The average Bonchev–Trinajstić information content (AvgIpc) is 2.34. The van der Waals surface area contributed by atoms with Crippen LogP contribution in [0.15, 0.2) is 30.9 Å². The highest BCUT2D eigenvalue weighted by Gasteiger charge is 2.13. The Hall–Kier alpha value is -1.52. The Morgan fingerprint density at radius 2 is 2.11 bits per heavy atom. The number of benzene rings is 1. The molecule has 0 bridgehead atoms. The summed E-state index contributed by atoms with van der Waals surface area (Å²) >= 11 is 11.8. The molecular formula is C13H14Cl2N2O2. The van der Waals surface area contributed by atoms with Crippen LogP contribution in [0.1, 0.15) is 6.92 Å². The molecule has 0 radical (unpaired) electrons. The van der Waals surface area contributed by atoms with Crippen LogP contribution in [0, 0.1) is 0 Å². The van der Waals surface area contributed by atoms with Gasteiger partial charge in [0.25, 0.3) is 0 Å². The molecule has 1 aromatic rings. The molecule has 0 atom stereocenters. The third-order valence-electron chi connectivity index (χ3n) is 2.35. The number of nitrogens with one attached hydrogen (secondary N) is 1. The minimum atomic E-state index is -0.346. The van der Waals surface area contributed by atoms with Crippen molar-refractivity contribution in [3.63, 3.8) is 0 Å². The Morgan fingerprint density at radius 1 is 1.42 bits per heavy atom. The molecule has 1 N–H and O–H groups in total. The highest BCUT2D eigenvalue weighted by molar-refractivity contribution is 6.44. The second-order valence-corrected chi connectivity index (χ2v) is 4.62. The molecule has 6 heteroatoms. The van der Waals surface area contributed by atoms with E-state index in [9.17, 15) is 9.59 Å². The number of amides is 2. The molecule has 2 amide bonds. The molecule has 0 saturated carbocycles. The lowest BCUT2D eigenvalue weighted by molar-refractivity contribution is -0.132. The van der Waals surface area contributed by atoms with Gasteiger partial charge in [-0.15, -0.1) is 6.58 Å². The lowest BCUT2D eigenvalue weighted by Gasteiger charge is -2.18. The number of hydrogen-bond acceptors (Lipinski definition) is 2. The lowest BCUT2D eigenvalue weighted by Crippen LogP contribution is -2.36. The molecule has 0 aliphatic rings. The van der Waals surface area contributed by atoms with Crippen molar-refractivity contribution in [2.45, 2.75) is 6.92 Å². The van der Waals surface area contributed by atoms with Crippen LogP contribution in [0.3, 0.4) is 0 Å². The van der Waals surface area contributed by atoms with Crippen LogP contribution in [0.2, 0.25) is 10.0 Å². The van der Waals surface area contributed by atoms with Crippen LogP contribution < -0.4 is 5.32 Å². The maximum atomic E-state index is 11.8. The van der Waals surface area contributed by atoms with E-state index in [2.05, 4.69) is 11.9 Å². The van der Waals surface area contributed by atoms with Gasteiger partial charge in [0.15, 0.2) is 0 Å². The molecule has 1 rings (SSSR count). The molecule has 19 heavy (non-hydrogen) atoms. The van der Waals surface area contributed by atoms with Gasteiger partial charge in [-0.05, 0) is 12.1 Å². The fourth-order valence-electron chi connectivity index (χ4n) is 1.42. The molecule has 102 valence electrons. The van der Waals surface area contributed by atoms with Crippen molar-refractivity contribution in [2.24, 2.45) is 0 Å². The number of rotatable bonds is 5. The van der Waals surface area contributed by atoms with Crippen molar-refractivity contribution < 1.29 is 9.59 Å². The van der Waals surface area contributed by atoms with E-state index in [1.54, 1.807) is 24.3 Å². The standard InChI is InChI=1S/C13H14Cl2N2O2/c1-3-7-17(9(2)18)8-12(19)16-11-6-4-5-10(14)13(11)15/h3-6H,1,7-8H2,2H3,(H,16,19). The molecule has 0 saturated heterocycles. The molecule has 4 nitrogen and oxygen atoms in total. The smallest absolute Gasteiger partial charge is 0.244 e. The van der Waals surface area contributed by atoms with Gasteiger partial charge >= 0.3 is 0 Å². The Balaban J connectivity index is 2.71. The third-order valence-corrected chi connectivity index (χ3v) is 3.17. The topological polar surface area (TPSA) is 49.4 Å². The number of hydrogen-bond donors (Lipinski definition) is 1. The maximum absolute atomic E-state index is 11.8. The fourth-order valence-corrected chi connectivity index (χ4v) is 1.77. The van der Waals surface area contributed by atoms with E-state index in [1.807, 2.05) is 0 Å². The number of nitrogens with zero attached hydrogens (tertiary/aromatic N) is 1. The molecule has 1 aromatic carbocycles. The summed E-state index contributed by atoms with van der Waals surface area (Å²) in [5, 5.41) is 3.24. The van der Waals surface area contributed by atoms with Crippen molar-refractivity contribution in [1.29, 1.82) is 0 Å². The van der Waals surface area contributed by atoms with Crippen molar-refractivity contribution in [3.8, 4) is 0 Å². The Bertz CT molecular complexity index is 503. The van der Waals surface area contributed by atoms with Gasteiger partial charge in [-0.2, -0.15) is 0 Å². The number of halogens is 2. The van der Waals surface area contributed by atoms with Crippen LogP contribution in [0.4, 0.5) is 5.69 Å².